The Kier molecular flexibility index (Phi) is 8.15. The van der Waals surface area contributed by atoms with Crippen molar-refractivity contribution >= 4 is 46.8 Å². The highest BCUT2D eigenvalue weighted by Gasteiger charge is 2.23. The van der Waals surface area contributed by atoms with E-state index in [2.05, 4.69) is 9.97 Å². The fourth-order valence-corrected chi connectivity index (χ4v) is 4.02. The van der Waals surface area contributed by atoms with Crippen LogP contribution in [0.15, 0.2) is 36.5 Å². The molecule has 0 aliphatic carbocycles. The lowest BCUT2D eigenvalue weighted by Crippen LogP contribution is -2.23. The second-order valence-corrected chi connectivity index (χ2v) is 7.91. The van der Waals surface area contributed by atoms with Gasteiger partial charge in [0.05, 0.1) is 24.8 Å². The lowest BCUT2D eigenvalue weighted by molar-refractivity contribution is -0.385. The first-order valence-electron chi connectivity index (χ1n) is 9.98. The van der Waals surface area contributed by atoms with Crippen LogP contribution < -0.4 is 24.0 Å². The fraction of sp³-hybridized carbons (Fsp3) is 0.227. The van der Waals surface area contributed by atoms with E-state index < -0.39 is 4.92 Å². The normalized spacial score (nSPS) is 10.5. The van der Waals surface area contributed by atoms with Crippen molar-refractivity contribution in [2.24, 2.45) is 0 Å². The summed E-state index contributed by atoms with van der Waals surface area (Å²) < 4.78 is 16.2. The van der Waals surface area contributed by atoms with Crippen molar-refractivity contribution in [2.45, 2.75) is 6.54 Å². The first-order valence-corrected chi connectivity index (χ1v) is 10.7. The largest absolute Gasteiger partial charge is 0.495 e. The number of carbonyl (C=O) groups is 1. The van der Waals surface area contributed by atoms with Crippen LogP contribution in [0.4, 0.5) is 17.2 Å². The maximum Gasteiger partial charge on any atom is 0.324 e. The van der Waals surface area contributed by atoms with Gasteiger partial charge in [0.15, 0.2) is 0 Å². The third-order valence-corrected chi connectivity index (χ3v) is 5.65. The van der Waals surface area contributed by atoms with Gasteiger partial charge in [0, 0.05) is 44.5 Å². The quantitative estimate of drug-likeness (QED) is 0.211. The molecule has 3 rings (SSSR count). The van der Waals surface area contributed by atoms with Crippen molar-refractivity contribution in [1.29, 1.82) is 0 Å². The zero-order valence-electron chi connectivity index (χ0n) is 19.2. The summed E-state index contributed by atoms with van der Waals surface area (Å²) in [5, 5.41) is 11.8. The average Bonchev–Trinajstić information content (AvgIpc) is 2.85. The number of aromatic nitrogens is 2. The van der Waals surface area contributed by atoms with Gasteiger partial charge in [0.1, 0.15) is 27.4 Å². The first kappa shape index (κ1) is 25.8. The Morgan fingerprint density at radius 1 is 1.09 bits per heavy atom. The Labute approximate surface area is 210 Å². The van der Waals surface area contributed by atoms with Crippen molar-refractivity contribution in [2.75, 3.05) is 38.1 Å². The number of benzene rings is 2. The highest BCUT2D eigenvalue weighted by atomic mass is 35.5. The number of hydrogen-bond acceptors (Lipinski definition) is 9. The molecule has 0 aliphatic rings. The Hall–Kier alpha value is -3.83. The molecule has 1 amide bonds. The molecule has 0 atom stereocenters. The van der Waals surface area contributed by atoms with Gasteiger partial charge >= 0.3 is 11.7 Å². The van der Waals surface area contributed by atoms with Crippen molar-refractivity contribution in [3.63, 3.8) is 0 Å². The van der Waals surface area contributed by atoms with E-state index in [1.54, 1.807) is 24.1 Å². The molecular weight excluding hydrogens is 501 g/mol. The van der Waals surface area contributed by atoms with Gasteiger partial charge in [-0.15, -0.1) is 0 Å². The van der Waals surface area contributed by atoms with Gasteiger partial charge in [0.2, 0.25) is 12.2 Å². The van der Waals surface area contributed by atoms with E-state index in [1.807, 2.05) is 0 Å². The minimum atomic E-state index is -0.576. The molecule has 0 saturated carbocycles. The van der Waals surface area contributed by atoms with Gasteiger partial charge in [-0.1, -0.05) is 35.3 Å². The highest BCUT2D eigenvalue weighted by molar-refractivity contribution is 6.41. The van der Waals surface area contributed by atoms with E-state index in [-0.39, 0.29) is 39.9 Å². The van der Waals surface area contributed by atoms with E-state index in [0.29, 0.717) is 29.2 Å². The molecule has 0 fully saturated rings. The number of para-hydroxylation sites is 2. The van der Waals surface area contributed by atoms with Crippen molar-refractivity contribution < 1.29 is 23.9 Å². The van der Waals surface area contributed by atoms with Gasteiger partial charge in [-0.05, 0) is 6.07 Å². The van der Waals surface area contributed by atoms with Gasteiger partial charge in [0.25, 0.3) is 0 Å². The van der Waals surface area contributed by atoms with Crippen molar-refractivity contribution in [3.8, 4) is 23.3 Å². The zero-order chi connectivity index (χ0) is 25.7. The van der Waals surface area contributed by atoms with E-state index in [0.717, 1.165) is 0 Å². The molecule has 11 nitrogen and oxygen atoms in total. The van der Waals surface area contributed by atoms with Crippen LogP contribution in [-0.2, 0) is 11.3 Å². The first-order chi connectivity index (χ1) is 16.7. The molecule has 0 unspecified atom stereocenters. The number of nitrogens with zero attached hydrogens (tertiary/aromatic N) is 5. The predicted molar refractivity (Wildman–Crippen MR) is 131 cm³/mol. The minimum Gasteiger partial charge on any atom is -0.495 e. The van der Waals surface area contributed by atoms with Crippen LogP contribution in [0.5, 0.6) is 23.3 Å². The number of rotatable bonds is 10. The van der Waals surface area contributed by atoms with Crippen LogP contribution in [-0.4, -0.2) is 49.6 Å². The second kappa shape index (κ2) is 11.1. The molecule has 1 aromatic heterocycles. The number of carbonyl (C=O) groups excluding carboxylic acids is 1. The van der Waals surface area contributed by atoms with E-state index >= 15 is 0 Å². The van der Waals surface area contributed by atoms with Gasteiger partial charge in [-0.2, -0.15) is 4.98 Å². The molecule has 0 radical (unpaired) electrons. The van der Waals surface area contributed by atoms with Crippen LogP contribution in [0.25, 0.3) is 0 Å². The Morgan fingerprint density at radius 3 is 2.29 bits per heavy atom. The molecule has 0 N–H and O–H groups in total. The van der Waals surface area contributed by atoms with Crippen LogP contribution in [0, 0.1) is 10.1 Å². The summed E-state index contributed by atoms with van der Waals surface area (Å²) >= 11 is 13.0. The molecule has 3 aromatic rings. The average molecular weight is 522 g/mol. The topological polar surface area (TPSA) is 120 Å². The van der Waals surface area contributed by atoms with Gasteiger partial charge < -0.3 is 24.0 Å². The number of ether oxygens (including phenoxy) is 3. The Balaban J connectivity index is 1.99. The summed E-state index contributed by atoms with van der Waals surface area (Å²) in [5.74, 6) is 0.913. The number of methoxy groups -OCH3 is 2. The predicted octanol–water partition coefficient (Wildman–Crippen LogP) is 4.73. The Morgan fingerprint density at radius 2 is 1.71 bits per heavy atom. The number of nitro groups is 1. The number of halogens is 2. The number of hydrogen-bond donors (Lipinski definition) is 0. The van der Waals surface area contributed by atoms with Crippen LogP contribution in [0.1, 0.15) is 5.56 Å². The van der Waals surface area contributed by atoms with Crippen molar-refractivity contribution in [1.82, 2.24) is 9.97 Å². The molecule has 13 heteroatoms. The van der Waals surface area contributed by atoms with Crippen molar-refractivity contribution in [3.05, 3.63) is 62.3 Å². The Bertz CT molecular complexity index is 1230. The summed E-state index contributed by atoms with van der Waals surface area (Å²) in [5.41, 5.74) is 0.705. The molecule has 35 heavy (non-hydrogen) atoms. The molecule has 1 heterocycles. The maximum atomic E-state index is 11.5. The third-order valence-electron chi connectivity index (χ3n) is 4.91. The summed E-state index contributed by atoms with van der Waals surface area (Å²) in [6.07, 6.45) is 2.01. The smallest absolute Gasteiger partial charge is 0.324 e. The lowest BCUT2D eigenvalue weighted by atomic mass is 10.2. The van der Waals surface area contributed by atoms with Crippen LogP contribution >= 0.6 is 23.2 Å². The summed E-state index contributed by atoms with van der Waals surface area (Å²) in [4.78, 5) is 33.7. The highest BCUT2D eigenvalue weighted by Crippen LogP contribution is 2.46. The van der Waals surface area contributed by atoms with E-state index in [9.17, 15) is 14.9 Å². The molecule has 0 saturated heterocycles. The molecular formula is C22H21Cl2N5O6. The van der Waals surface area contributed by atoms with Gasteiger partial charge in [-0.3, -0.25) is 14.9 Å². The monoisotopic (exact) mass is 521 g/mol. The molecule has 2 aromatic carbocycles. The third kappa shape index (κ3) is 5.47. The molecule has 0 spiro atoms. The minimum absolute atomic E-state index is 0.0379. The number of amides is 1. The van der Waals surface area contributed by atoms with Crippen LogP contribution in [0.3, 0.4) is 0 Å². The van der Waals surface area contributed by atoms with E-state index in [4.69, 9.17) is 37.4 Å². The van der Waals surface area contributed by atoms with Crippen LogP contribution in [0.2, 0.25) is 10.0 Å². The maximum absolute atomic E-state index is 11.5. The lowest BCUT2D eigenvalue weighted by Gasteiger charge is -2.25. The van der Waals surface area contributed by atoms with E-state index in [1.165, 1.54) is 50.6 Å². The standard InChI is InChI=1S/C22H21Cl2N5O6/c1-27(20-18(23)16(33-3)9-17(34-4)19(20)24)11-13-10-25-22(26-21(13)28(2)12-30)35-15-8-6-5-7-14(15)29(31)32/h5-10,12H,11H2,1-4H3. The summed E-state index contributed by atoms with van der Waals surface area (Å²) in [6, 6.07) is 7.22. The summed E-state index contributed by atoms with van der Waals surface area (Å²) in [6.45, 7) is 0.176. The van der Waals surface area contributed by atoms with Gasteiger partial charge in [-0.25, -0.2) is 4.98 Å². The number of nitro benzene ring substituents is 1. The number of anilines is 2. The second-order valence-electron chi connectivity index (χ2n) is 7.16. The molecule has 0 bridgehead atoms. The molecule has 0 aliphatic heterocycles. The fourth-order valence-electron chi connectivity index (χ4n) is 3.23. The summed E-state index contributed by atoms with van der Waals surface area (Å²) in [7, 11) is 6.18. The SMILES string of the molecule is COc1cc(OC)c(Cl)c(N(C)Cc2cnc(Oc3ccccc3[N+](=O)[O-])nc2N(C)C=O)c1Cl. The zero-order valence-corrected chi connectivity index (χ0v) is 20.7. The molecule has 184 valence electrons.